The number of hydrogen-bond donors (Lipinski definition) is 2. The summed E-state index contributed by atoms with van der Waals surface area (Å²) in [4.78, 5) is 16.0. The number of sulfone groups is 1. The lowest BCUT2D eigenvalue weighted by molar-refractivity contribution is 0.103. The molecule has 2 N–H and O–H groups in total. The minimum Gasteiger partial charge on any atom is -0.507 e. The molecular formula is C15H10FN3O5S. The number of benzene rings is 1. The number of fused-ring (bicyclic) bond motifs is 1. The van der Waals surface area contributed by atoms with Crippen molar-refractivity contribution >= 4 is 21.4 Å². The van der Waals surface area contributed by atoms with Crippen LogP contribution in [0.1, 0.15) is 16.2 Å². The summed E-state index contributed by atoms with van der Waals surface area (Å²) in [7, 11) is -2.88. The lowest BCUT2D eigenvalue weighted by atomic mass is 10.2. The minimum atomic E-state index is -2.88. The molecule has 0 bridgehead atoms. The number of halogens is 1. The molecule has 10 heteroatoms. The number of allylic oxidation sites excluding steroid dienone is 1. The zero-order valence-electron chi connectivity index (χ0n) is 12.4. The van der Waals surface area contributed by atoms with Crippen LogP contribution in [0.3, 0.4) is 0 Å². The van der Waals surface area contributed by atoms with E-state index in [0.717, 1.165) is 18.7 Å². The third-order valence-electron chi connectivity index (χ3n) is 3.20. The second kappa shape index (κ2) is 6.32. The highest BCUT2D eigenvalue weighted by atomic mass is 32.2. The van der Waals surface area contributed by atoms with E-state index in [4.69, 9.17) is 0 Å². The molecule has 0 spiro atoms. The predicted octanol–water partition coefficient (Wildman–Crippen LogP) is 2.15. The van der Waals surface area contributed by atoms with Gasteiger partial charge in [-0.1, -0.05) is 12.1 Å². The fraction of sp³-hybridized carbons (Fsp3) is 0. The molecule has 0 fully saturated rings. The standard InChI is InChI=1S/C9H6FN3O3.C6H4O2S/c10-8-5(1-2-16-8)6(14)3-7(15)9-11-4-12-13-9;7-9(8)5-3-1-2-4-6(5)9/h1-4,14H,(H,11,12,13);1-4H. The van der Waals surface area contributed by atoms with Gasteiger partial charge < -0.3 is 9.52 Å². The van der Waals surface area contributed by atoms with Crippen molar-refractivity contribution < 1.29 is 27.1 Å². The second-order valence-corrected chi connectivity index (χ2v) is 6.67. The number of hydrogen-bond acceptors (Lipinski definition) is 7. The number of carbonyl (C=O) groups is 1. The van der Waals surface area contributed by atoms with Gasteiger partial charge in [0.25, 0.3) is 6.01 Å². The number of aliphatic hydroxyl groups is 1. The number of furan rings is 1. The van der Waals surface area contributed by atoms with E-state index < -0.39 is 27.4 Å². The van der Waals surface area contributed by atoms with E-state index in [1.54, 1.807) is 24.3 Å². The summed E-state index contributed by atoms with van der Waals surface area (Å²) in [6, 6.07) is 6.93. The molecular weight excluding hydrogens is 353 g/mol. The molecule has 0 atom stereocenters. The molecule has 0 radical (unpaired) electrons. The summed E-state index contributed by atoms with van der Waals surface area (Å²) >= 11 is 0. The SMILES string of the molecule is O=C(C=C(O)c1ccoc1F)c1ncn[nH]1.O=S1(=O)c2ccccc21. The van der Waals surface area contributed by atoms with E-state index in [-0.39, 0.29) is 11.4 Å². The molecule has 0 amide bonds. The first-order valence-corrected chi connectivity index (χ1v) is 8.27. The van der Waals surface area contributed by atoms with Gasteiger partial charge >= 0.3 is 0 Å². The molecule has 128 valence electrons. The monoisotopic (exact) mass is 363 g/mol. The quantitative estimate of drug-likeness (QED) is 0.247. The fourth-order valence-corrected chi connectivity index (χ4v) is 3.23. The highest BCUT2D eigenvalue weighted by Crippen LogP contribution is 2.38. The molecule has 0 saturated heterocycles. The van der Waals surface area contributed by atoms with Gasteiger partial charge in [0.15, 0.2) is 5.82 Å². The van der Waals surface area contributed by atoms with Crippen LogP contribution in [0.15, 0.2) is 63.2 Å². The van der Waals surface area contributed by atoms with Crippen LogP contribution in [0.5, 0.6) is 0 Å². The third-order valence-corrected chi connectivity index (χ3v) is 4.86. The topological polar surface area (TPSA) is 126 Å². The third kappa shape index (κ3) is 3.33. The van der Waals surface area contributed by atoms with Crippen molar-refractivity contribution in [3.63, 3.8) is 0 Å². The van der Waals surface area contributed by atoms with Crippen molar-refractivity contribution in [2.45, 2.75) is 9.79 Å². The minimum absolute atomic E-state index is 0.0459. The highest BCUT2D eigenvalue weighted by Gasteiger charge is 2.37. The Morgan fingerprint density at radius 1 is 1.24 bits per heavy atom. The van der Waals surface area contributed by atoms with Crippen molar-refractivity contribution in [3.8, 4) is 0 Å². The van der Waals surface area contributed by atoms with Crippen LogP contribution in [0.2, 0.25) is 0 Å². The number of H-pyrrole nitrogens is 1. The van der Waals surface area contributed by atoms with Crippen molar-refractivity contribution in [1.82, 2.24) is 15.2 Å². The number of carbonyl (C=O) groups excluding carboxylic acids is 1. The van der Waals surface area contributed by atoms with E-state index in [1.165, 1.54) is 6.07 Å². The lowest BCUT2D eigenvalue weighted by Gasteiger charge is -1.94. The maximum absolute atomic E-state index is 12.9. The Kier molecular flexibility index (Phi) is 4.19. The number of nitrogens with one attached hydrogen (secondary N) is 1. The van der Waals surface area contributed by atoms with Crippen molar-refractivity contribution in [2.75, 3.05) is 0 Å². The van der Waals surface area contributed by atoms with Crippen LogP contribution in [0, 0.1) is 6.01 Å². The molecule has 2 aromatic heterocycles. The van der Waals surface area contributed by atoms with Crippen molar-refractivity contribution in [3.05, 3.63) is 66.4 Å². The molecule has 0 unspecified atom stereocenters. The predicted molar refractivity (Wildman–Crippen MR) is 81.9 cm³/mol. The zero-order valence-corrected chi connectivity index (χ0v) is 13.2. The Morgan fingerprint density at radius 2 is 1.92 bits per heavy atom. The molecule has 3 aromatic rings. The fourth-order valence-electron chi connectivity index (χ4n) is 1.92. The lowest BCUT2D eigenvalue weighted by Crippen LogP contribution is -1.99. The molecule has 8 nitrogen and oxygen atoms in total. The average Bonchev–Trinajstić information content (AvgIpc) is 3.07. The molecule has 0 aliphatic carbocycles. The van der Waals surface area contributed by atoms with Gasteiger partial charge in [-0.05, 0) is 18.2 Å². The Morgan fingerprint density at radius 3 is 2.40 bits per heavy atom. The van der Waals surface area contributed by atoms with Gasteiger partial charge in [-0.3, -0.25) is 9.89 Å². The van der Waals surface area contributed by atoms with Crippen molar-refractivity contribution in [1.29, 1.82) is 0 Å². The molecule has 3 heterocycles. The number of rotatable bonds is 3. The first-order valence-electron chi connectivity index (χ1n) is 6.79. The molecule has 1 aliphatic rings. The van der Waals surface area contributed by atoms with Crippen LogP contribution in [-0.2, 0) is 9.84 Å². The number of aromatic nitrogens is 3. The molecule has 1 aliphatic heterocycles. The Bertz CT molecular complexity index is 1030. The maximum atomic E-state index is 12.9. The summed E-state index contributed by atoms with van der Waals surface area (Å²) in [6.07, 6.45) is 3.04. The van der Waals surface area contributed by atoms with E-state index in [0.29, 0.717) is 9.79 Å². The number of aliphatic hydroxyl groups excluding tert-OH is 1. The van der Waals surface area contributed by atoms with Gasteiger partial charge in [0.2, 0.25) is 15.6 Å². The van der Waals surface area contributed by atoms with Gasteiger partial charge in [-0.25, -0.2) is 13.4 Å². The molecule has 0 saturated carbocycles. The largest absolute Gasteiger partial charge is 0.507 e. The van der Waals surface area contributed by atoms with Crippen molar-refractivity contribution in [2.24, 2.45) is 0 Å². The summed E-state index contributed by atoms with van der Waals surface area (Å²) < 4.78 is 38.7. The van der Waals surface area contributed by atoms with Gasteiger partial charge in [-0.2, -0.15) is 9.49 Å². The molecule has 4 rings (SSSR count). The van der Waals surface area contributed by atoms with Crippen LogP contribution in [-0.4, -0.2) is 34.5 Å². The average molecular weight is 363 g/mol. The second-order valence-electron chi connectivity index (χ2n) is 4.79. The first kappa shape index (κ1) is 16.6. The van der Waals surface area contributed by atoms with Crippen LogP contribution >= 0.6 is 0 Å². The smallest absolute Gasteiger partial charge is 0.288 e. The Labute approximate surface area is 140 Å². The Balaban J connectivity index is 0.000000170. The summed E-state index contributed by atoms with van der Waals surface area (Å²) in [5.41, 5.74) is -0.187. The zero-order chi connectivity index (χ0) is 18.0. The normalized spacial score (nSPS) is 14.2. The van der Waals surface area contributed by atoms with Crippen LogP contribution in [0.25, 0.3) is 5.76 Å². The first-order chi connectivity index (χ1) is 11.9. The summed E-state index contributed by atoms with van der Waals surface area (Å²) in [6.45, 7) is 0. The van der Waals surface area contributed by atoms with Gasteiger partial charge in [0.05, 0.1) is 21.6 Å². The van der Waals surface area contributed by atoms with Crippen LogP contribution in [0.4, 0.5) is 4.39 Å². The number of aromatic amines is 1. The van der Waals surface area contributed by atoms with E-state index in [9.17, 15) is 22.7 Å². The highest BCUT2D eigenvalue weighted by molar-refractivity contribution is 7.97. The summed E-state index contributed by atoms with van der Waals surface area (Å²) in [5.74, 6) is -1.20. The van der Waals surface area contributed by atoms with E-state index in [2.05, 4.69) is 19.6 Å². The van der Waals surface area contributed by atoms with Gasteiger partial charge in [0.1, 0.15) is 12.1 Å². The van der Waals surface area contributed by atoms with E-state index >= 15 is 0 Å². The Hall–Kier alpha value is -3.27. The molecule has 1 aromatic carbocycles. The summed E-state index contributed by atoms with van der Waals surface area (Å²) in [5, 5.41) is 15.2. The number of nitrogens with zero attached hydrogens (tertiary/aromatic N) is 2. The number of ketones is 1. The molecule has 25 heavy (non-hydrogen) atoms. The van der Waals surface area contributed by atoms with Crippen LogP contribution < -0.4 is 0 Å². The van der Waals surface area contributed by atoms with E-state index in [1.807, 2.05) is 0 Å². The van der Waals surface area contributed by atoms with Gasteiger partial charge in [-0.15, -0.1) is 0 Å². The van der Waals surface area contributed by atoms with Gasteiger partial charge in [0, 0.05) is 6.08 Å². The maximum Gasteiger partial charge on any atom is 0.288 e.